The van der Waals surface area contributed by atoms with E-state index in [4.69, 9.17) is 10.3 Å². The largest absolute Gasteiger partial charge is 0.339 e. The molecule has 0 bridgehead atoms. The standard InChI is InChI=1S/C14H20N4O/c1-8(2)12(10(4)15)14-17-13(18-19-14)11-5-6-16-7-9(11)3/h5-8,10,12H,15H2,1-4H3. The Labute approximate surface area is 113 Å². The molecule has 0 spiro atoms. The van der Waals surface area contributed by atoms with Gasteiger partial charge in [0.2, 0.25) is 11.7 Å². The van der Waals surface area contributed by atoms with E-state index in [1.165, 1.54) is 0 Å². The van der Waals surface area contributed by atoms with Crippen molar-refractivity contribution in [2.75, 3.05) is 0 Å². The predicted molar refractivity (Wildman–Crippen MR) is 73.5 cm³/mol. The fourth-order valence-electron chi connectivity index (χ4n) is 2.32. The van der Waals surface area contributed by atoms with Gasteiger partial charge in [0.05, 0.1) is 5.92 Å². The number of rotatable bonds is 4. The molecule has 0 radical (unpaired) electrons. The van der Waals surface area contributed by atoms with Gasteiger partial charge in [0.15, 0.2) is 0 Å². The first kappa shape index (κ1) is 13.7. The van der Waals surface area contributed by atoms with Gasteiger partial charge in [-0.1, -0.05) is 19.0 Å². The normalized spacial score (nSPS) is 14.6. The van der Waals surface area contributed by atoms with Crippen LogP contribution in [0, 0.1) is 12.8 Å². The summed E-state index contributed by atoms with van der Waals surface area (Å²) in [6.07, 6.45) is 3.51. The number of nitrogens with zero attached hydrogens (tertiary/aromatic N) is 3. The minimum atomic E-state index is -0.0214. The third kappa shape index (κ3) is 2.81. The molecule has 0 amide bonds. The number of hydrogen-bond donors (Lipinski definition) is 1. The number of hydrogen-bond acceptors (Lipinski definition) is 5. The molecule has 0 saturated heterocycles. The van der Waals surface area contributed by atoms with Gasteiger partial charge in [0, 0.05) is 24.0 Å². The summed E-state index contributed by atoms with van der Waals surface area (Å²) in [5, 5.41) is 4.06. The molecular formula is C14H20N4O. The Balaban J connectivity index is 2.36. The predicted octanol–water partition coefficient (Wildman–Crippen LogP) is 2.53. The van der Waals surface area contributed by atoms with E-state index in [1.807, 2.05) is 19.9 Å². The highest BCUT2D eigenvalue weighted by Crippen LogP contribution is 2.28. The first-order chi connectivity index (χ1) is 9.00. The molecule has 5 nitrogen and oxygen atoms in total. The summed E-state index contributed by atoms with van der Waals surface area (Å²) >= 11 is 0. The fraction of sp³-hybridized carbons (Fsp3) is 0.500. The summed E-state index contributed by atoms with van der Waals surface area (Å²) in [5.41, 5.74) is 7.98. The van der Waals surface area contributed by atoms with E-state index in [9.17, 15) is 0 Å². The Hall–Kier alpha value is -1.75. The van der Waals surface area contributed by atoms with Gasteiger partial charge in [-0.15, -0.1) is 0 Å². The highest BCUT2D eigenvalue weighted by atomic mass is 16.5. The second-order valence-corrected chi connectivity index (χ2v) is 5.28. The van der Waals surface area contributed by atoms with Gasteiger partial charge in [-0.3, -0.25) is 4.98 Å². The van der Waals surface area contributed by atoms with E-state index in [2.05, 4.69) is 29.0 Å². The topological polar surface area (TPSA) is 77.8 Å². The fourth-order valence-corrected chi connectivity index (χ4v) is 2.32. The lowest BCUT2D eigenvalue weighted by molar-refractivity contribution is 0.300. The summed E-state index contributed by atoms with van der Waals surface area (Å²) < 4.78 is 5.40. The third-order valence-electron chi connectivity index (χ3n) is 3.27. The van der Waals surface area contributed by atoms with Crippen molar-refractivity contribution < 1.29 is 4.52 Å². The van der Waals surface area contributed by atoms with Gasteiger partial charge in [0.25, 0.3) is 0 Å². The first-order valence-electron chi connectivity index (χ1n) is 6.51. The van der Waals surface area contributed by atoms with Crippen LogP contribution in [0.2, 0.25) is 0 Å². The van der Waals surface area contributed by atoms with Crippen molar-refractivity contribution in [3.8, 4) is 11.4 Å². The van der Waals surface area contributed by atoms with Crippen LogP contribution in [0.1, 0.15) is 38.1 Å². The van der Waals surface area contributed by atoms with Gasteiger partial charge < -0.3 is 10.3 Å². The number of aryl methyl sites for hydroxylation is 1. The van der Waals surface area contributed by atoms with Crippen LogP contribution in [0.3, 0.4) is 0 Å². The number of pyridine rings is 1. The summed E-state index contributed by atoms with van der Waals surface area (Å²) in [6, 6.07) is 1.87. The van der Waals surface area contributed by atoms with Crippen LogP contribution in [0.5, 0.6) is 0 Å². The van der Waals surface area contributed by atoms with Crippen molar-refractivity contribution in [1.82, 2.24) is 15.1 Å². The van der Waals surface area contributed by atoms with Crippen molar-refractivity contribution >= 4 is 0 Å². The molecule has 2 unspecified atom stereocenters. The van der Waals surface area contributed by atoms with Gasteiger partial charge in [-0.25, -0.2) is 0 Å². The molecule has 0 aliphatic heterocycles. The Morgan fingerprint density at radius 3 is 2.58 bits per heavy atom. The van der Waals surface area contributed by atoms with Gasteiger partial charge in [0.1, 0.15) is 0 Å². The molecule has 2 rings (SSSR count). The van der Waals surface area contributed by atoms with Crippen LogP contribution in [0.15, 0.2) is 23.0 Å². The first-order valence-corrected chi connectivity index (χ1v) is 6.51. The second kappa shape index (κ2) is 5.48. The molecule has 2 atom stereocenters. The molecular weight excluding hydrogens is 240 g/mol. The Morgan fingerprint density at radius 2 is 2.00 bits per heavy atom. The second-order valence-electron chi connectivity index (χ2n) is 5.28. The van der Waals surface area contributed by atoms with Crippen molar-refractivity contribution in [2.24, 2.45) is 11.7 Å². The molecule has 2 aromatic rings. The van der Waals surface area contributed by atoms with Crippen LogP contribution >= 0.6 is 0 Å². The molecule has 102 valence electrons. The molecule has 0 aromatic carbocycles. The monoisotopic (exact) mass is 260 g/mol. The Morgan fingerprint density at radius 1 is 1.26 bits per heavy atom. The molecule has 19 heavy (non-hydrogen) atoms. The molecule has 2 N–H and O–H groups in total. The molecule has 0 aliphatic carbocycles. The zero-order valence-electron chi connectivity index (χ0n) is 11.8. The van der Waals surface area contributed by atoms with Gasteiger partial charge in [-0.2, -0.15) is 4.98 Å². The maximum absolute atomic E-state index is 6.01. The highest BCUT2D eigenvalue weighted by Gasteiger charge is 2.26. The maximum atomic E-state index is 6.01. The molecule has 2 aromatic heterocycles. The molecule has 0 saturated carbocycles. The quantitative estimate of drug-likeness (QED) is 0.914. The molecule has 0 fully saturated rings. The van der Waals surface area contributed by atoms with Crippen LogP contribution in [-0.2, 0) is 0 Å². The van der Waals surface area contributed by atoms with E-state index >= 15 is 0 Å². The highest BCUT2D eigenvalue weighted by molar-refractivity contribution is 5.58. The van der Waals surface area contributed by atoms with Gasteiger partial charge in [-0.05, 0) is 31.4 Å². The van der Waals surface area contributed by atoms with Crippen molar-refractivity contribution in [2.45, 2.75) is 39.7 Å². The smallest absolute Gasteiger partial charge is 0.231 e. The molecule has 2 heterocycles. The Bertz CT molecular complexity index is 540. The van der Waals surface area contributed by atoms with E-state index in [1.54, 1.807) is 12.4 Å². The lowest BCUT2D eigenvalue weighted by Crippen LogP contribution is -2.28. The van der Waals surface area contributed by atoms with Crippen molar-refractivity contribution in [3.05, 3.63) is 29.9 Å². The van der Waals surface area contributed by atoms with Crippen LogP contribution in [0.4, 0.5) is 0 Å². The average molecular weight is 260 g/mol. The van der Waals surface area contributed by atoms with E-state index < -0.39 is 0 Å². The number of nitrogens with two attached hydrogens (primary N) is 1. The van der Waals surface area contributed by atoms with Crippen molar-refractivity contribution in [1.29, 1.82) is 0 Å². The van der Waals surface area contributed by atoms with Crippen molar-refractivity contribution in [3.63, 3.8) is 0 Å². The summed E-state index contributed by atoms with van der Waals surface area (Å²) in [4.78, 5) is 8.56. The maximum Gasteiger partial charge on any atom is 0.231 e. The lowest BCUT2D eigenvalue weighted by atomic mass is 9.90. The van der Waals surface area contributed by atoms with E-state index in [0.717, 1.165) is 11.1 Å². The third-order valence-corrected chi connectivity index (χ3v) is 3.27. The van der Waals surface area contributed by atoms with Gasteiger partial charge >= 0.3 is 0 Å². The van der Waals surface area contributed by atoms with Crippen LogP contribution < -0.4 is 5.73 Å². The lowest BCUT2D eigenvalue weighted by Gasteiger charge is -2.20. The van der Waals surface area contributed by atoms with E-state index in [-0.39, 0.29) is 12.0 Å². The summed E-state index contributed by atoms with van der Waals surface area (Å²) in [5.74, 6) is 1.63. The molecule has 5 heteroatoms. The summed E-state index contributed by atoms with van der Waals surface area (Å²) in [6.45, 7) is 8.15. The van der Waals surface area contributed by atoms with Crippen LogP contribution in [-0.4, -0.2) is 21.2 Å². The molecule has 0 aliphatic rings. The zero-order valence-corrected chi connectivity index (χ0v) is 11.8. The average Bonchev–Trinajstić information content (AvgIpc) is 2.77. The zero-order chi connectivity index (χ0) is 14.0. The van der Waals surface area contributed by atoms with Crippen LogP contribution in [0.25, 0.3) is 11.4 Å². The minimum absolute atomic E-state index is 0.0214. The Kier molecular flexibility index (Phi) is 3.95. The number of aromatic nitrogens is 3. The SMILES string of the molecule is Cc1cnccc1-c1noc(C(C(C)C)C(C)N)n1. The summed E-state index contributed by atoms with van der Waals surface area (Å²) in [7, 11) is 0. The minimum Gasteiger partial charge on any atom is -0.339 e. The van der Waals surface area contributed by atoms with E-state index in [0.29, 0.717) is 17.6 Å².